The van der Waals surface area contributed by atoms with Gasteiger partial charge in [0.1, 0.15) is 10.6 Å². The molecule has 0 amide bonds. The van der Waals surface area contributed by atoms with E-state index in [-0.39, 0.29) is 16.2 Å². The van der Waals surface area contributed by atoms with Crippen molar-refractivity contribution in [2.45, 2.75) is 4.90 Å². The van der Waals surface area contributed by atoms with Crippen LogP contribution in [0.25, 0.3) is 6.08 Å². The monoisotopic (exact) mass is 407 g/mol. The molecule has 0 saturated carbocycles. The number of ketones is 1. The van der Waals surface area contributed by atoms with E-state index in [2.05, 4.69) is 0 Å². The summed E-state index contributed by atoms with van der Waals surface area (Å²) in [4.78, 5) is 12.2. The molecule has 9 heteroatoms. The first-order valence-corrected chi connectivity index (χ1v) is 9.53. The number of carbonyl (C=O) groups is 1. The van der Waals surface area contributed by atoms with Gasteiger partial charge in [-0.05, 0) is 42.0 Å². The van der Waals surface area contributed by atoms with Gasteiger partial charge in [0.05, 0.1) is 28.4 Å². The normalized spacial score (nSPS) is 11.3. The van der Waals surface area contributed by atoms with Gasteiger partial charge in [0.2, 0.25) is 15.8 Å². The summed E-state index contributed by atoms with van der Waals surface area (Å²) < 4.78 is 44.2. The molecule has 28 heavy (non-hydrogen) atoms. The Bertz CT molecular complexity index is 988. The van der Waals surface area contributed by atoms with E-state index >= 15 is 0 Å². The summed E-state index contributed by atoms with van der Waals surface area (Å²) in [6.07, 6.45) is 2.85. The van der Waals surface area contributed by atoms with E-state index in [4.69, 9.17) is 24.1 Å². The lowest BCUT2D eigenvalue weighted by Crippen LogP contribution is -2.14. The SMILES string of the molecule is COc1ccc(C(=O)/C=C/c2cc(OC)c(OC)c(OC)c2)cc1S(N)(=O)=O. The number of allylic oxidation sites excluding steroid dienone is 1. The maximum atomic E-state index is 12.5. The van der Waals surface area contributed by atoms with Gasteiger partial charge in [-0.15, -0.1) is 0 Å². The molecule has 0 saturated heterocycles. The van der Waals surface area contributed by atoms with Crippen LogP contribution >= 0.6 is 0 Å². The largest absolute Gasteiger partial charge is 0.495 e. The van der Waals surface area contributed by atoms with Crippen molar-refractivity contribution in [1.82, 2.24) is 0 Å². The predicted molar refractivity (Wildman–Crippen MR) is 104 cm³/mol. The van der Waals surface area contributed by atoms with Crippen LogP contribution in [0.2, 0.25) is 0 Å². The van der Waals surface area contributed by atoms with Crippen LogP contribution in [-0.4, -0.2) is 42.6 Å². The van der Waals surface area contributed by atoms with Crippen LogP contribution in [0.1, 0.15) is 15.9 Å². The van der Waals surface area contributed by atoms with Crippen LogP contribution in [0.5, 0.6) is 23.0 Å². The summed E-state index contributed by atoms with van der Waals surface area (Å²) in [6, 6.07) is 7.36. The number of primary sulfonamides is 1. The van der Waals surface area contributed by atoms with Crippen molar-refractivity contribution in [3.05, 3.63) is 47.5 Å². The third-order valence-corrected chi connectivity index (χ3v) is 4.80. The first-order valence-electron chi connectivity index (χ1n) is 7.98. The second-order valence-electron chi connectivity index (χ2n) is 5.57. The first kappa shape index (κ1) is 21.3. The van der Waals surface area contributed by atoms with E-state index in [1.54, 1.807) is 18.2 Å². The Morgan fingerprint density at radius 2 is 1.46 bits per heavy atom. The molecule has 2 rings (SSSR count). The van der Waals surface area contributed by atoms with E-state index < -0.39 is 15.8 Å². The highest BCUT2D eigenvalue weighted by molar-refractivity contribution is 7.89. The first-order chi connectivity index (χ1) is 13.2. The number of ether oxygens (including phenoxy) is 4. The van der Waals surface area contributed by atoms with Gasteiger partial charge in [-0.1, -0.05) is 6.08 Å². The average Bonchev–Trinajstić information content (AvgIpc) is 2.69. The molecule has 2 aromatic carbocycles. The van der Waals surface area contributed by atoms with Gasteiger partial charge in [0.25, 0.3) is 0 Å². The van der Waals surface area contributed by atoms with Crippen molar-refractivity contribution in [3.63, 3.8) is 0 Å². The number of benzene rings is 2. The van der Waals surface area contributed by atoms with E-state index in [0.717, 1.165) is 0 Å². The number of hydrogen-bond acceptors (Lipinski definition) is 7. The van der Waals surface area contributed by atoms with Crippen LogP contribution in [0, 0.1) is 0 Å². The molecule has 0 unspecified atom stereocenters. The highest BCUT2D eigenvalue weighted by Gasteiger charge is 2.17. The number of methoxy groups -OCH3 is 4. The molecule has 8 nitrogen and oxygen atoms in total. The summed E-state index contributed by atoms with van der Waals surface area (Å²) >= 11 is 0. The van der Waals surface area contributed by atoms with Crippen molar-refractivity contribution in [2.24, 2.45) is 5.14 Å². The molecule has 0 heterocycles. The Balaban J connectivity index is 2.39. The maximum Gasteiger partial charge on any atom is 0.241 e. The Hall–Kier alpha value is -3.04. The Morgan fingerprint density at radius 3 is 1.93 bits per heavy atom. The van der Waals surface area contributed by atoms with Crippen molar-refractivity contribution >= 4 is 21.9 Å². The third kappa shape index (κ3) is 4.62. The molecule has 0 spiro atoms. The second kappa shape index (κ2) is 8.77. The summed E-state index contributed by atoms with van der Waals surface area (Å²) in [7, 11) is 1.74. The van der Waals surface area contributed by atoms with Gasteiger partial charge < -0.3 is 18.9 Å². The predicted octanol–water partition coefficient (Wildman–Crippen LogP) is 2.26. The molecule has 2 aromatic rings. The fourth-order valence-corrected chi connectivity index (χ4v) is 3.24. The van der Waals surface area contributed by atoms with Gasteiger partial charge in [-0.25, -0.2) is 13.6 Å². The van der Waals surface area contributed by atoms with Crippen LogP contribution in [0.3, 0.4) is 0 Å². The summed E-state index contributed by atoms with van der Waals surface area (Å²) in [5, 5.41) is 5.18. The van der Waals surface area contributed by atoms with Gasteiger partial charge in [-0.2, -0.15) is 0 Å². The van der Waals surface area contributed by atoms with Crippen molar-refractivity contribution in [1.29, 1.82) is 0 Å². The molecule has 0 atom stereocenters. The van der Waals surface area contributed by atoms with Gasteiger partial charge in [0, 0.05) is 5.56 Å². The molecule has 0 radical (unpaired) electrons. The molecule has 0 aromatic heterocycles. The summed E-state index contributed by atoms with van der Waals surface area (Å²) in [5.41, 5.74) is 0.775. The number of sulfonamides is 1. The van der Waals surface area contributed by atoms with Crippen LogP contribution < -0.4 is 24.1 Å². The topological polar surface area (TPSA) is 114 Å². The molecule has 2 N–H and O–H groups in total. The minimum absolute atomic E-state index is 0.0626. The fourth-order valence-electron chi connectivity index (χ4n) is 2.52. The number of carbonyl (C=O) groups excluding carboxylic acids is 1. The molecule has 0 aliphatic heterocycles. The molecule has 0 fully saturated rings. The zero-order valence-electron chi connectivity index (χ0n) is 15.9. The maximum absolute atomic E-state index is 12.5. The Kier molecular flexibility index (Phi) is 6.66. The second-order valence-corrected chi connectivity index (χ2v) is 7.10. The lowest BCUT2D eigenvalue weighted by Gasteiger charge is -2.12. The highest BCUT2D eigenvalue weighted by atomic mass is 32.2. The fraction of sp³-hybridized carbons (Fsp3) is 0.211. The molecule has 0 bridgehead atoms. The van der Waals surface area contributed by atoms with E-state index in [0.29, 0.717) is 22.8 Å². The van der Waals surface area contributed by atoms with Crippen LogP contribution in [-0.2, 0) is 10.0 Å². The summed E-state index contributed by atoms with van der Waals surface area (Å²) in [5.74, 6) is 0.959. The van der Waals surface area contributed by atoms with Crippen molar-refractivity contribution < 1.29 is 32.2 Å². The minimum Gasteiger partial charge on any atom is -0.495 e. The highest BCUT2D eigenvalue weighted by Crippen LogP contribution is 2.38. The van der Waals surface area contributed by atoms with Crippen LogP contribution in [0.15, 0.2) is 41.3 Å². The van der Waals surface area contributed by atoms with Crippen molar-refractivity contribution in [2.75, 3.05) is 28.4 Å². The number of hydrogen-bond donors (Lipinski definition) is 1. The Morgan fingerprint density at radius 1 is 0.893 bits per heavy atom. The Labute approximate surface area is 163 Å². The van der Waals surface area contributed by atoms with Gasteiger partial charge in [0.15, 0.2) is 17.3 Å². The average molecular weight is 407 g/mol. The molecular formula is C19H21NO7S. The number of nitrogens with two attached hydrogens (primary N) is 1. The van der Waals surface area contributed by atoms with Gasteiger partial charge in [-0.3, -0.25) is 4.79 Å². The quantitative estimate of drug-likeness (QED) is 0.527. The summed E-state index contributed by atoms with van der Waals surface area (Å²) in [6.45, 7) is 0. The van der Waals surface area contributed by atoms with E-state index in [9.17, 15) is 13.2 Å². The number of rotatable bonds is 8. The van der Waals surface area contributed by atoms with E-state index in [1.807, 2.05) is 0 Å². The molecule has 150 valence electrons. The molecule has 0 aliphatic carbocycles. The standard InChI is InChI=1S/C19H21NO7S/c1-24-15-8-6-13(11-18(15)28(20,22)23)14(21)7-5-12-9-16(25-2)19(27-4)17(10-12)26-3/h5-11H,1-4H3,(H2,20,22,23)/b7-5+. The van der Waals surface area contributed by atoms with E-state index in [1.165, 1.54) is 52.7 Å². The molecular weight excluding hydrogens is 386 g/mol. The molecule has 0 aliphatic rings. The minimum atomic E-state index is -4.04. The van der Waals surface area contributed by atoms with Gasteiger partial charge >= 0.3 is 0 Å². The smallest absolute Gasteiger partial charge is 0.241 e. The lowest BCUT2D eigenvalue weighted by molar-refractivity contribution is 0.104. The van der Waals surface area contributed by atoms with Crippen molar-refractivity contribution in [3.8, 4) is 23.0 Å². The van der Waals surface area contributed by atoms with Crippen LogP contribution in [0.4, 0.5) is 0 Å². The zero-order valence-corrected chi connectivity index (χ0v) is 16.7. The zero-order chi connectivity index (χ0) is 20.9. The third-order valence-electron chi connectivity index (χ3n) is 3.87. The lowest BCUT2D eigenvalue weighted by atomic mass is 10.1.